The Balaban J connectivity index is 1.87. The van der Waals surface area contributed by atoms with Gasteiger partial charge in [-0.25, -0.2) is 4.98 Å². The molecule has 0 amide bonds. The highest BCUT2D eigenvalue weighted by atomic mass is 35.5. The zero-order valence-electron chi connectivity index (χ0n) is 9.96. The average Bonchev–Trinajstić information content (AvgIpc) is 2.70. The quantitative estimate of drug-likeness (QED) is 0.902. The summed E-state index contributed by atoms with van der Waals surface area (Å²) in [5.41, 5.74) is 3.27. The second kappa shape index (κ2) is 5.52. The van der Waals surface area contributed by atoms with Gasteiger partial charge in [0, 0.05) is 34.7 Å². The van der Waals surface area contributed by atoms with Crippen LogP contribution >= 0.6 is 22.9 Å². The van der Waals surface area contributed by atoms with Gasteiger partial charge in [-0.3, -0.25) is 0 Å². The van der Waals surface area contributed by atoms with Crippen molar-refractivity contribution in [2.45, 2.75) is 20.3 Å². The minimum Gasteiger partial charge on any atom is -0.385 e. The van der Waals surface area contributed by atoms with Crippen LogP contribution in [-0.4, -0.2) is 11.5 Å². The van der Waals surface area contributed by atoms with E-state index in [0.717, 1.165) is 34.9 Å². The first kappa shape index (κ1) is 12.4. The molecule has 0 aliphatic heterocycles. The number of anilines is 1. The molecule has 17 heavy (non-hydrogen) atoms. The maximum atomic E-state index is 6.06. The summed E-state index contributed by atoms with van der Waals surface area (Å²) in [7, 11) is 0. The number of aromatic nitrogens is 1. The van der Waals surface area contributed by atoms with Gasteiger partial charge < -0.3 is 5.32 Å². The van der Waals surface area contributed by atoms with Crippen LogP contribution in [0.5, 0.6) is 0 Å². The van der Waals surface area contributed by atoms with Gasteiger partial charge in [0.05, 0.1) is 5.01 Å². The molecule has 4 heteroatoms. The van der Waals surface area contributed by atoms with E-state index in [2.05, 4.69) is 15.7 Å². The lowest BCUT2D eigenvalue weighted by atomic mass is 10.2. The number of rotatable bonds is 4. The number of thiazole rings is 1. The van der Waals surface area contributed by atoms with Crippen molar-refractivity contribution in [3.63, 3.8) is 0 Å². The summed E-state index contributed by atoms with van der Waals surface area (Å²) in [5, 5.41) is 7.41. The van der Waals surface area contributed by atoms with Crippen molar-refractivity contribution < 1.29 is 0 Å². The molecule has 90 valence electrons. The van der Waals surface area contributed by atoms with Gasteiger partial charge in [-0.2, -0.15) is 0 Å². The highest BCUT2D eigenvalue weighted by Crippen LogP contribution is 2.20. The number of nitrogens with zero attached hydrogens (tertiary/aromatic N) is 1. The summed E-state index contributed by atoms with van der Waals surface area (Å²) < 4.78 is 0. The lowest BCUT2D eigenvalue weighted by Gasteiger charge is -2.06. The van der Waals surface area contributed by atoms with Crippen molar-refractivity contribution in [2.75, 3.05) is 11.9 Å². The lowest BCUT2D eigenvalue weighted by molar-refractivity contribution is 0.987. The van der Waals surface area contributed by atoms with Gasteiger partial charge in [0.25, 0.3) is 0 Å². The van der Waals surface area contributed by atoms with Crippen LogP contribution in [0.4, 0.5) is 5.69 Å². The fourth-order valence-corrected chi connectivity index (χ4v) is 2.49. The Labute approximate surface area is 111 Å². The van der Waals surface area contributed by atoms with Crippen molar-refractivity contribution >= 4 is 28.6 Å². The van der Waals surface area contributed by atoms with E-state index < -0.39 is 0 Å². The zero-order chi connectivity index (χ0) is 12.3. The molecular weight excluding hydrogens is 252 g/mol. The van der Waals surface area contributed by atoms with Gasteiger partial charge in [-0.1, -0.05) is 17.7 Å². The van der Waals surface area contributed by atoms with E-state index in [1.54, 1.807) is 11.3 Å². The molecule has 0 bridgehead atoms. The van der Waals surface area contributed by atoms with E-state index in [9.17, 15) is 0 Å². The number of aryl methyl sites for hydroxylation is 2. The van der Waals surface area contributed by atoms with Gasteiger partial charge >= 0.3 is 0 Å². The molecule has 1 aromatic carbocycles. The predicted octanol–water partition coefficient (Wildman–Crippen LogP) is 4.07. The topological polar surface area (TPSA) is 24.9 Å². The van der Waals surface area contributed by atoms with E-state index in [1.807, 2.05) is 32.0 Å². The molecule has 1 N–H and O–H groups in total. The van der Waals surface area contributed by atoms with Crippen LogP contribution in [-0.2, 0) is 6.42 Å². The Morgan fingerprint density at radius 3 is 2.82 bits per heavy atom. The summed E-state index contributed by atoms with van der Waals surface area (Å²) in [6, 6.07) is 6.04. The Hall–Kier alpha value is -1.06. The van der Waals surface area contributed by atoms with Crippen molar-refractivity contribution in [2.24, 2.45) is 0 Å². The van der Waals surface area contributed by atoms with E-state index in [4.69, 9.17) is 11.6 Å². The number of hydrogen-bond donors (Lipinski definition) is 1. The number of halogens is 1. The third kappa shape index (κ3) is 3.45. The number of hydrogen-bond acceptors (Lipinski definition) is 3. The molecule has 1 heterocycles. The normalized spacial score (nSPS) is 10.5. The smallest absolute Gasteiger partial charge is 0.0945 e. The fraction of sp³-hybridized carbons (Fsp3) is 0.308. The van der Waals surface area contributed by atoms with Crippen LogP contribution in [0.15, 0.2) is 23.6 Å². The zero-order valence-corrected chi connectivity index (χ0v) is 11.5. The van der Waals surface area contributed by atoms with Crippen LogP contribution < -0.4 is 5.32 Å². The van der Waals surface area contributed by atoms with E-state index in [-0.39, 0.29) is 0 Å². The van der Waals surface area contributed by atoms with Crippen molar-refractivity contribution in [3.05, 3.63) is 44.9 Å². The predicted molar refractivity (Wildman–Crippen MR) is 75.2 cm³/mol. The van der Waals surface area contributed by atoms with Crippen LogP contribution in [0, 0.1) is 13.8 Å². The molecule has 0 unspecified atom stereocenters. The molecular formula is C13H15ClN2S. The minimum absolute atomic E-state index is 0.806. The van der Waals surface area contributed by atoms with Gasteiger partial charge in [0.2, 0.25) is 0 Å². The fourth-order valence-electron chi connectivity index (χ4n) is 1.53. The summed E-state index contributed by atoms with van der Waals surface area (Å²) in [6.45, 7) is 4.91. The molecule has 0 saturated heterocycles. The van der Waals surface area contributed by atoms with Crippen molar-refractivity contribution in [1.29, 1.82) is 0 Å². The maximum absolute atomic E-state index is 6.06. The Morgan fingerprint density at radius 1 is 1.35 bits per heavy atom. The Morgan fingerprint density at radius 2 is 2.18 bits per heavy atom. The van der Waals surface area contributed by atoms with E-state index in [1.165, 1.54) is 5.01 Å². The largest absolute Gasteiger partial charge is 0.385 e. The summed E-state index contributed by atoms with van der Waals surface area (Å²) >= 11 is 7.78. The molecule has 0 radical (unpaired) electrons. The van der Waals surface area contributed by atoms with Gasteiger partial charge in [-0.15, -0.1) is 11.3 Å². The standard InChI is InChI=1S/C13H15ClN2S/c1-9-3-4-11(7-12(9)14)15-6-5-13-16-10(2)8-17-13/h3-4,7-8,15H,5-6H2,1-2H3. The Bertz CT molecular complexity index is 508. The number of benzene rings is 1. The van der Waals surface area contributed by atoms with Gasteiger partial charge in [0.1, 0.15) is 0 Å². The van der Waals surface area contributed by atoms with Gasteiger partial charge in [0.15, 0.2) is 0 Å². The SMILES string of the molecule is Cc1csc(CCNc2ccc(C)c(Cl)c2)n1. The summed E-state index contributed by atoms with van der Waals surface area (Å²) in [6.07, 6.45) is 0.948. The molecule has 0 atom stereocenters. The first-order chi connectivity index (χ1) is 8.15. The molecule has 0 fully saturated rings. The second-order valence-corrected chi connectivity index (χ2v) is 5.37. The molecule has 0 spiro atoms. The first-order valence-corrected chi connectivity index (χ1v) is 6.82. The van der Waals surface area contributed by atoms with Crippen molar-refractivity contribution in [3.8, 4) is 0 Å². The lowest BCUT2D eigenvalue weighted by Crippen LogP contribution is -2.04. The third-order valence-electron chi connectivity index (χ3n) is 2.51. The average molecular weight is 267 g/mol. The third-order valence-corrected chi connectivity index (χ3v) is 3.94. The highest BCUT2D eigenvalue weighted by molar-refractivity contribution is 7.09. The minimum atomic E-state index is 0.806. The molecule has 0 saturated carbocycles. The molecule has 2 rings (SSSR count). The molecule has 2 aromatic rings. The van der Waals surface area contributed by atoms with Crippen molar-refractivity contribution in [1.82, 2.24) is 4.98 Å². The summed E-state index contributed by atoms with van der Waals surface area (Å²) in [4.78, 5) is 4.43. The Kier molecular flexibility index (Phi) is 4.02. The van der Waals surface area contributed by atoms with E-state index >= 15 is 0 Å². The van der Waals surface area contributed by atoms with Crippen LogP contribution in [0.2, 0.25) is 5.02 Å². The molecule has 1 aromatic heterocycles. The molecule has 0 aliphatic rings. The number of nitrogens with one attached hydrogen (secondary N) is 1. The second-order valence-electron chi connectivity index (χ2n) is 4.02. The van der Waals surface area contributed by atoms with Crippen LogP contribution in [0.25, 0.3) is 0 Å². The molecule has 2 nitrogen and oxygen atoms in total. The van der Waals surface area contributed by atoms with E-state index in [0.29, 0.717) is 0 Å². The van der Waals surface area contributed by atoms with Crippen LogP contribution in [0.3, 0.4) is 0 Å². The monoisotopic (exact) mass is 266 g/mol. The highest BCUT2D eigenvalue weighted by Gasteiger charge is 2.00. The summed E-state index contributed by atoms with van der Waals surface area (Å²) in [5.74, 6) is 0. The molecule has 0 aliphatic carbocycles. The van der Waals surface area contributed by atoms with Crippen LogP contribution in [0.1, 0.15) is 16.3 Å². The maximum Gasteiger partial charge on any atom is 0.0945 e. The van der Waals surface area contributed by atoms with Gasteiger partial charge in [-0.05, 0) is 31.5 Å². The first-order valence-electron chi connectivity index (χ1n) is 5.56.